The molecule has 0 saturated carbocycles. The molecule has 0 fully saturated rings. The molecule has 7 nitrogen and oxygen atoms in total. The van der Waals surface area contributed by atoms with Crippen molar-refractivity contribution < 1.29 is 22.0 Å². The first kappa shape index (κ1) is 18.8. The van der Waals surface area contributed by atoms with E-state index in [1.54, 1.807) is 45.0 Å². The summed E-state index contributed by atoms with van der Waals surface area (Å²) < 4.78 is 39.3. The van der Waals surface area contributed by atoms with Crippen LogP contribution in [0.15, 0.2) is 60.7 Å². The highest BCUT2D eigenvalue weighted by Crippen LogP contribution is 2.15. The van der Waals surface area contributed by atoms with E-state index in [2.05, 4.69) is 10.6 Å². The fourth-order valence-corrected chi connectivity index (χ4v) is 2.51. The van der Waals surface area contributed by atoms with Crippen LogP contribution >= 0.6 is 0 Å². The van der Waals surface area contributed by atoms with E-state index in [0.29, 0.717) is 11.4 Å². The summed E-state index contributed by atoms with van der Waals surface area (Å²) in [4.78, 5) is 0. The Balaban J connectivity index is 2.52. The van der Waals surface area contributed by atoms with E-state index in [1.165, 1.54) is 0 Å². The van der Waals surface area contributed by atoms with Gasteiger partial charge in [0, 0.05) is 0 Å². The van der Waals surface area contributed by atoms with Gasteiger partial charge in [-0.15, -0.1) is 0 Å². The Morgan fingerprint density at radius 2 is 1.32 bits per heavy atom. The maximum atomic E-state index is 11.2. The first-order valence-electron chi connectivity index (χ1n) is 7.62. The molecular formula is C17H21N3O4S. The molecule has 25 heavy (non-hydrogen) atoms. The molecule has 0 aliphatic carbocycles. The Morgan fingerprint density at radius 1 is 0.920 bits per heavy atom. The molecule has 0 saturated heterocycles. The van der Waals surface area contributed by atoms with Crippen molar-refractivity contribution in [3.8, 4) is 0 Å². The Hall–Kier alpha value is -2.58. The van der Waals surface area contributed by atoms with Crippen LogP contribution in [0.2, 0.25) is 0 Å². The SMILES string of the molecule is CC(C)(C)[N+](OS(=O)(=O)[O-])=C(Nc1ccccc1)Nc1ccccc1. The first-order valence-corrected chi connectivity index (χ1v) is 8.95. The van der Waals surface area contributed by atoms with Crippen LogP contribution < -0.4 is 10.6 Å². The highest BCUT2D eigenvalue weighted by molar-refractivity contribution is 7.80. The van der Waals surface area contributed by atoms with Crippen molar-refractivity contribution >= 4 is 27.7 Å². The van der Waals surface area contributed by atoms with Crippen LogP contribution in [0, 0.1) is 0 Å². The second-order valence-electron chi connectivity index (χ2n) is 6.28. The van der Waals surface area contributed by atoms with Crippen molar-refractivity contribution in [3.63, 3.8) is 0 Å². The topological polar surface area (TPSA) is 93.5 Å². The average molecular weight is 363 g/mol. The van der Waals surface area contributed by atoms with Gasteiger partial charge < -0.3 is 4.55 Å². The van der Waals surface area contributed by atoms with Gasteiger partial charge in [0.05, 0.1) is 11.4 Å². The van der Waals surface area contributed by atoms with Gasteiger partial charge in [0.1, 0.15) is 5.54 Å². The van der Waals surface area contributed by atoms with Crippen LogP contribution in [0.3, 0.4) is 0 Å². The zero-order valence-electron chi connectivity index (χ0n) is 14.3. The van der Waals surface area contributed by atoms with Crippen LogP contribution in [0.25, 0.3) is 0 Å². The zero-order valence-corrected chi connectivity index (χ0v) is 15.1. The summed E-state index contributed by atoms with van der Waals surface area (Å²) in [5.41, 5.74) is 0.570. The molecule has 2 N–H and O–H groups in total. The lowest BCUT2D eigenvalue weighted by Gasteiger charge is -2.24. The van der Waals surface area contributed by atoms with Crippen LogP contribution in [-0.4, -0.2) is 29.2 Å². The lowest BCUT2D eigenvalue weighted by molar-refractivity contribution is -0.793. The van der Waals surface area contributed by atoms with E-state index < -0.39 is 15.9 Å². The van der Waals surface area contributed by atoms with Crippen LogP contribution in [-0.2, 0) is 14.7 Å². The number of guanidine groups is 1. The Bertz CT molecular complexity index is 786. The fourth-order valence-electron chi connectivity index (χ4n) is 2.02. The monoisotopic (exact) mass is 363 g/mol. The second kappa shape index (κ2) is 7.54. The van der Waals surface area contributed by atoms with E-state index in [4.69, 9.17) is 4.28 Å². The molecule has 0 spiro atoms. The first-order chi connectivity index (χ1) is 11.6. The number of hydroxylamine groups is 1. The van der Waals surface area contributed by atoms with E-state index in [1.807, 2.05) is 36.4 Å². The van der Waals surface area contributed by atoms with Gasteiger partial charge in [-0.3, -0.25) is 0 Å². The lowest BCUT2D eigenvalue weighted by atomic mass is 10.1. The molecule has 0 radical (unpaired) electrons. The van der Waals surface area contributed by atoms with E-state index >= 15 is 0 Å². The fraction of sp³-hybridized carbons (Fsp3) is 0.235. The van der Waals surface area contributed by atoms with Crippen LogP contribution in [0.1, 0.15) is 20.8 Å². The third-order valence-electron chi connectivity index (χ3n) is 3.05. The van der Waals surface area contributed by atoms with Crippen LogP contribution in [0.4, 0.5) is 11.4 Å². The summed E-state index contributed by atoms with van der Waals surface area (Å²) >= 11 is 0. The zero-order chi connectivity index (χ0) is 18.5. The molecule has 2 rings (SSSR count). The molecular weight excluding hydrogens is 342 g/mol. The van der Waals surface area contributed by atoms with Gasteiger partial charge in [-0.25, -0.2) is 14.9 Å². The van der Waals surface area contributed by atoms with Gasteiger partial charge in [0.2, 0.25) is 0 Å². The largest absolute Gasteiger partial charge is 0.713 e. The maximum Gasteiger partial charge on any atom is 0.394 e. The minimum atomic E-state index is -4.96. The van der Waals surface area contributed by atoms with Crippen molar-refractivity contribution in [3.05, 3.63) is 60.7 Å². The van der Waals surface area contributed by atoms with Gasteiger partial charge in [-0.1, -0.05) is 41.1 Å². The minimum Gasteiger partial charge on any atom is -0.713 e. The summed E-state index contributed by atoms with van der Waals surface area (Å²) in [5.74, 6) is 0.198. The Morgan fingerprint density at radius 3 is 1.64 bits per heavy atom. The third-order valence-corrected chi connectivity index (χ3v) is 3.38. The molecule has 2 aromatic carbocycles. The number of rotatable bonds is 4. The minimum absolute atomic E-state index is 0.198. The average Bonchev–Trinajstić information content (AvgIpc) is 2.52. The molecule has 0 amide bonds. The molecule has 0 atom stereocenters. The van der Waals surface area contributed by atoms with Crippen molar-refractivity contribution in [2.45, 2.75) is 26.3 Å². The number of hydrogen-bond acceptors (Lipinski definition) is 4. The van der Waals surface area contributed by atoms with Gasteiger partial charge in [0.25, 0.3) is 10.4 Å². The quantitative estimate of drug-likeness (QED) is 0.217. The molecule has 134 valence electrons. The van der Waals surface area contributed by atoms with Crippen molar-refractivity contribution in [1.29, 1.82) is 0 Å². The highest BCUT2D eigenvalue weighted by Gasteiger charge is 2.30. The predicted octanol–water partition coefficient (Wildman–Crippen LogP) is 2.77. The molecule has 8 heteroatoms. The number of nitrogens with zero attached hydrogens (tertiary/aromatic N) is 1. The number of para-hydroxylation sites is 2. The molecule has 0 aliphatic rings. The molecule has 0 unspecified atom stereocenters. The number of hydrogen-bond donors (Lipinski definition) is 2. The summed E-state index contributed by atoms with van der Waals surface area (Å²) in [6.07, 6.45) is 0. The number of anilines is 2. The van der Waals surface area contributed by atoms with E-state index in [0.717, 1.165) is 4.74 Å². The molecule has 0 aromatic heterocycles. The predicted molar refractivity (Wildman–Crippen MR) is 95.9 cm³/mol. The maximum absolute atomic E-state index is 11.2. The van der Waals surface area contributed by atoms with E-state index in [9.17, 15) is 13.0 Å². The third kappa shape index (κ3) is 6.09. The number of nitrogens with one attached hydrogen (secondary N) is 2. The number of benzene rings is 2. The summed E-state index contributed by atoms with van der Waals surface area (Å²) in [7, 11) is -4.96. The van der Waals surface area contributed by atoms with Crippen LogP contribution in [0.5, 0.6) is 0 Å². The molecule has 0 aliphatic heterocycles. The van der Waals surface area contributed by atoms with Crippen molar-refractivity contribution in [2.75, 3.05) is 10.6 Å². The normalized spacial score (nSPS) is 11.5. The van der Waals surface area contributed by atoms with Gasteiger partial charge in [0.15, 0.2) is 0 Å². The second-order valence-corrected chi connectivity index (χ2v) is 7.24. The highest BCUT2D eigenvalue weighted by atomic mass is 32.3. The lowest BCUT2D eigenvalue weighted by Crippen LogP contribution is -2.45. The van der Waals surface area contributed by atoms with E-state index in [-0.39, 0.29) is 5.96 Å². The smallest absolute Gasteiger partial charge is 0.394 e. The standard InChI is InChI=1S/C17H21N3O4S/c1-17(2,3)20(24-25(21,22)23)16(18-14-10-6-4-7-11-14)19-15-12-8-5-9-13-15/h4-13H,1-3H3,(H2,18,19,21,22,23). The van der Waals surface area contributed by atoms with Crippen molar-refractivity contribution in [2.24, 2.45) is 0 Å². The van der Waals surface area contributed by atoms with Crippen molar-refractivity contribution in [1.82, 2.24) is 0 Å². The Kier molecular flexibility index (Phi) is 5.66. The summed E-state index contributed by atoms with van der Waals surface area (Å²) in [5, 5.41) is 6.12. The van der Waals surface area contributed by atoms with Gasteiger partial charge in [-0.05, 0) is 45.0 Å². The molecule has 2 aromatic rings. The molecule has 0 heterocycles. The Labute approximate surface area is 147 Å². The summed E-state index contributed by atoms with van der Waals surface area (Å²) in [6, 6.07) is 18.2. The summed E-state index contributed by atoms with van der Waals surface area (Å²) in [6.45, 7) is 5.16. The van der Waals surface area contributed by atoms with Gasteiger partial charge >= 0.3 is 5.96 Å². The van der Waals surface area contributed by atoms with Gasteiger partial charge in [-0.2, -0.15) is 8.42 Å². The molecule has 0 bridgehead atoms.